The highest BCUT2D eigenvalue weighted by Crippen LogP contribution is 2.32. The Bertz CT molecular complexity index is 473. The van der Waals surface area contributed by atoms with Crippen LogP contribution < -0.4 is 4.90 Å². The first-order chi connectivity index (χ1) is 8.69. The smallest absolute Gasteiger partial charge is 0.230 e. The van der Waals surface area contributed by atoms with Gasteiger partial charge in [0.1, 0.15) is 5.01 Å². The molecule has 0 aromatic carbocycles. The van der Waals surface area contributed by atoms with Gasteiger partial charge in [-0.05, 0) is 12.8 Å². The van der Waals surface area contributed by atoms with Crippen LogP contribution in [0.1, 0.15) is 44.0 Å². The lowest BCUT2D eigenvalue weighted by atomic mass is 10.1. The van der Waals surface area contributed by atoms with Crippen LogP contribution in [0.25, 0.3) is 0 Å². The van der Waals surface area contributed by atoms with E-state index in [0.717, 1.165) is 17.8 Å². The van der Waals surface area contributed by atoms with Crippen molar-refractivity contribution >= 4 is 22.4 Å². The molecular formula is C13H17N3OS. The van der Waals surface area contributed by atoms with E-state index >= 15 is 0 Å². The summed E-state index contributed by atoms with van der Waals surface area (Å²) in [6, 6.07) is 0. The van der Waals surface area contributed by atoms with Crippen LogP contribution in [0, 0.1) is 18.3 Å². The molecule has 2 rings (SSSR count). The average Bonchev–Trinajstić information content (AvgIpc) is 2.97. The molecule has 5 heteroatoms. The molecule has 1 fully saturated rings. The third-order valence-electron chi connectivity index (χ3n) is 3.36. The van der Waals surface area contributed by atoms with E-state index in [9.17, 15) is 4.79 Å². The molecule has 1 aliphatic rings. The van der Waals surface area contributed by atoms with Gasteiger partial charge in [0.25, 0.3) is 0 Å². The van der Waals surface area contributed by atoms with Gasteiger partial charge in [0, 0.05) is 24.8 Å². The van der Waals surface area contributed by atoms with Crippen LogP contribution in [0.15, 0.2) is 0 Å². The van der Waals surface area contributed by atoms with E-state index in [-0.39, 0.29) is 11.8 Å². The number of hydrogen-bond acceptors (Lipinski definition) is 4. The number of hydrogen-bond donors (Lipinski definition) is 0. The lowest BCUT2D eigenvalue weighted by Gasteiger charge is -2.10. The van der Waals surface area contributed by atoms with Crippen LogP contribution in [0.2, 0.25) is 0 Å². The minimum Gasteiger partial charge on any atom is -0.285 e. The largest absolute Gasteiger partial charge is 0.285 e. The number of amides is 1. The van der Waals surface area contributed by atoms with Crippen molar-refractivity contribution in [1.82, 2.24) is 10.2 Å². The molecule has 1 atom stereocenters. The van der Waals surface area contributed by atoms with Gasteiger partial charge in [-0.3, -0.25) is 9.69 Å². The summed E-state index contributed by atoms with van der Waals surface area (Å²) in [6.45, 7) is 4.86. The first-order valence-corrected chi connectivity index (χ1v) is 7.11. The van der Waals surface area contributed by atoms with Gasteiger partial charge >= 0.3 is 0 Å². The molecule has 0 spiro atoms. The van der Waals surface area contributed by atoms with Crippen LogP contribution in [0.3, 0.4) is 0 Å². The maximum atomic E-state index is 11.8. The molecule has 0 radical (unpaired) electrons. The summed E-state index contributed by atoms with van der Waals surface area (Å²) in [5.74, 6) is 3.15. The number of aromatic nitrogens is 2. The fourth-order valence-electron chi connectivity index (χ4n) is 2.14. The molecule has 1 aromatic heterocycles. The van der Waals surface area contributed by atoms with E-state index in [1.807, 2.05) is 0 Å². The molecule has 4 nitrogen and oxygen atoms in total. The quantitative estimate of drug-likeness (QED) is 0.784. The normalized spacial score (nSPS) is 19.6. The summed E-state index contributed by atoms with van der Waals surface area (Å²) in [6.07, 6.45) is 7.89. The molecule has 0 saturated carbocycles. The van der Waals surface area contributed by atoms with E-state index in [2.05, 4.69) is 30.0 Å². The Balaban J connectivity index is 2.16. The fourth-order valence-corrected chi connectivity index (χ4v) is 3.28. The van der Waals surface area contributed by atoms with E-state index in [1.54, 1.807) is 4.90 Å². The van der Waals surface area contributed by atoms with Gasteiger partial charge in [-0.1, -0.05) is 25.2 Å². The Morgan fingerprint density at radius 1 is 1.50 bits per heavy atom. The zero-order valence-corrected chi connectivity index (χ0v) is 11.5. The van der Waals surface area contributed by atoms with Gasteiger partial charge in [0.15, 0.2) is 0 Å². The third-order valence-corrected chi connectivity index (χ3v) is 4.47. The van der Waals surface area contributed by atoms with Crippen LogP contribution in [-0.2, 0) is 4.79 Å². The number of carbonyl (C=O) groups excluding carboxylic acids is 1. The van der Waals surface area contributed by atoms with Crippen molar-refractivity contribution in [2.45, 2.75) is 39.0 Å². The SMILES string of the molecule is C#CC1CC(=O)N(c2nnc(C(CC)CC)s2)C1. The third kappa shape index (κ3) is 2.39. The Morgan fingerprint density at radius 2 is 2.22 bits per heavy atom. The van der Waals surface area contributed by atoms with Crippen LogP contribution in [-0.4, -0.2) is 22.6 Å². The maximum Gasteiger partial charge on any atom is 0.230 e. The summed E-state index contributed by atoms with van der Waals surface area (Å²) in [7, 11) is 0. The molecule has 2 heterocycles. The van der Waals surface area contributed by atoms with Crippen molar-refractivity contribution in [1.29, 1.82) is 0 Å². The van der Waals surface area contributed by atoms with Gasteiger partial charge in [-0.25, -0.2) is 0 Å². The summed E-state index contributed by atoms with van der Waals surface area (Å²) >= 11 is 1.52. The molecule has 0 bridgehead atoms. The highest BCUT2D eigenvalue weighted by atomic mass is 32.1. The zero-order chi connectivity index (χ0) is 13.1. The topological polar surface area (TPSA) is 46.1 Å². The predicted octanol–water partition coefficient (Wildman–Crippen LogP) is 2.43. The molecule has 1 saturated heterocycles. The Hall–Kier alpha value is -1.41. The van der Waals surface area contributed by atoms with E-state index in [1.165, 1.54) is 11.3 Å². The lowest BCUT2D eigenvalue weighted by Crippen LogP contribution is -2.24. The Labute approximate surface area is 111 Å². The molecule has 1 amide bonds. The standard InChI is InChI=1S/C13H17N3OS/c1-4-9-7-11(17)16(8-9)13-15-14-12(18-13)10(5-2)6-3/h1,9-10H,5-8H2,2-3H3. The maximum absolute atomic E-state index is 11.8. The second-order valence-corrected chi connectivity index (χ2v) is 5.50. The van der Waals surface area contributed by atoms with Gasteiger partial charge in [-0.2, -0.15) is 0 Å². The second-order valence-electron chi connectivity index (χ2n) is 4.51. The molecule has 0 aliphatic carbocycles. The van der Waals surface area contributed by atoms with Crippen molar-refractivity contribution in [3.05, 3.63) is 5.01 Å². The zero-order valence-electron chi connectivity index (χ0n) is 10.7. The number of anilines is 1. The molecule has 1 aliphatic heterocycles. The van der Waals surface area contributed by atoms with Crippen molar-refractivity contribution in [3.63, 3.8) is 0 Å². The molecule has 18 heavy (non-hydrogen) atoms. The van der Waals surface area contributed by atoms with Gasteiger partial charge in [0.05, 0.1) is 0 Å². The highest BCUT2D eigenvalue weighted by molar-refractivity contribution is 7.15. The van der Waals surface area contributed by atoms with Crippen molar-refractivity contribution in [3.8, 4) is 12.3 Å². The molecule has 1 unspecified atom stereocenters. The lowest BCUT2D eigenvalue weighted by molar-refractivity contribution is -0.117. The molecule has 96 valence electrons. The van der Waals surface area contributed by atoms with Crippen LogP contribution in [0.4, 0.5) is 5.13 Å². The second kappa shape index (κ2) is 5.49. The molecular weight excluding hydrogens is 246 g/mol. The highest BCUT2D eigenvalue weighted by Gasteiger charge is 2.32. The predicted molar refractivity (Wildman–Crippen MR) is 72.5 cm³/mol. The average molecular weight is 263 g/mol. The Kier molecular flexibility index (Phi) is 3.97. The fraction of sp³-hybridized carbons (Fsp3) is 0.615. The molecule has 0 N–H and O–H groups in total. The van der Waals surface area contributed by atoms with Crippen LogP contribution in [0.5, 0.6) is 0 Å². The van der Waals surface area contributed by atoms with Crippen molar-refractivity contribution in [2.24, 2.45) is 5.92 Å². The number of nitrogens with zero attached hydrogens (tertiary/aromatic N) is 3. The Morgan fingerprint density at radius 3 is 2.78 bits per heavy atom. The van der Waals surface area contributed by atoms with Crippen LogP contribution >= 0.6 is 11.3 Å². The first kappa shape index (κ1) is 13.0. The van der Waals surface area contributed by atoms with Gasteiger partial charge < -0.3 is 0 Å². The first-order valence-electron chi connectivity index (χ1n) is 6.29. The number of carbonyl (C=O) groups is 1. The minimum atomic E-state index is 0.0120. The number of rotatable bonds is 4. The van der Waals surface area contributed by atoms with Gasteiger partial charge in [-0.15, -0.1) is 22.5 Å². The van der Waals surface area contributed by atoms with Crippen molar-refractivity contribution < 1.29 is 4.79 Å². The summed E-state index contributed by atoms with van der Waals surface area (Å²) in [5, 5.41) is 10.1. The monoisotopic (exact) mass is 263 g/mol. The molecule has 1 aromatic rings. The summed E-state index contributed by atoms with van der Waals surface area (Å²) < 4.78 is 0. The number of terminal acetylenes is 1. The van der Waals surface area contributed by atoms with Crippen molar-refractivity contribution in [2.75, 3.05) is 11.4 Å². The minimum absolute atomic E-state index is 0.0120. The summed E-state index contributed by atoms with van der Waals surface area (Å²) in [4.78, 5) is 13.5. The van der Waals surface area contributed by atoms with Gasteiger partial charge in [0.2, 0.25) is 11.0 Å². The van der Waals surface area contributed by atoms with E-state index in [4.69, 9.17) is 6.42 Å². The van der Waals surface area contributed by atoms with E-state index < -0.39 is 0 Å². The summed E-state index contributed by atoms with van der Waals surface area (Å²) in [5.41, 5.74) is 0. The van der Waals surface area contributed by atoms with E-state index in [0.29, 0.717) is 24.0 Å².